The van der Waals surface area contributed by atoms with Gasteiger partial charge in [0.2, 0.25) is 0 Å². The van der Waals surface area contributed by atoms with Crippen LogP contribution in [0.5, 0.6) is 5.75 Å². The van der Waals surface area contributed by atoms with Gasteiger partial charge in [0, 0.05) is 21.4 Å². The van der Waals surface area contributed by atoms with Crippen LogP contribution in [0.4, 0.5) is 0 Å². The molecule has 1 aliphatic rings. The molecule has 0 heterocycles. The van der Waals surface area contributed by atoms with Gasteiger partial charge in [0.05, 0.1) is 11.3 Å². The molecule has 4 nitrogen and oxygen atoms in total. The van der Waals surface area contributed by atoms with E-state index in [0.29, 0.717) is 16.7 Å². The highest BCUT2D eigenvalue weighted by molar-refractivity contribution is 8.00. The van der Waals surface area contributed by atoms with Crippen molar-refractivity contribution in [1.82, 2.24) is 0 Å². The van der Waals surface area contributed by atoms with Crippen LogP contribution in [-0.2, 0) is 4.79 Å². The van der Waals surface area contributed by atoms with Gasteiger partial charge in [0.25, 0.3) is 0 Å². The van der Waals surface area contributed by atoms with Crippen molar-refractivity contribution in [2.24, 2.45) is 0 Å². The Labute approximate surface area is 189 Å². The summed E-state index contributed by atoms with van der Waals surface area (Å²) in [6, 6.07) is 24.0. The standard InChI is InChI=1S/C27H18O4S/c1-16(28)17-7-4-5-12-23(17)31-25(29)15-32-24-14-13-19-18-8-2-3-9-20(18)27(30)22-11-6-10-21(24)26(19)22/h2-14H,15H2,1H3. The van der Waals surface area contributed by atoms with Crippen LogP contribution in [0.15, 0.2) is 83.8 Å². The van der Waals surface area contributed by atoms with Crippen molar-refractivity contribution in [3.63, 3.8) is 0 Å². The van der Waals surface area contributed by atoms with Crippen LogP contribution in [0.1, 0.15) is 33.2 Å². The van der Waals surface area contributed by atoms with Crippen molar-refractivity contribution < 1.29 is 19.1 Å². The van der Waals surface area contributed by atoms with E-state index in [4.69, 9.17) is 4.74 Å². The van der Waals surface area contributed by atoms with E-state index in [9.17, 15) is 14.4 Å². The van der Waals surface area contributed by atoms with E-state index in [-0.39, 0.29) is 23.1 Å². The third kappa shape index (κ3) is 3.41. The lowest BCUT2D eigenvalue weighted by Crippen LogP contribution is -2.13. The summed E-state index contributed by atoms with van der Waals surface area (Å²) in [5.74, 6) is -0.235. The van der Waals surface area contributed by atoms with E-state index in [1.807, 2.05) is 54.6 Å². The minimum Gasteiger partial charge on any atom is -0.425 e. The van der Waals surface area contributed by atoms with Gasteiger partial charge >= 0.3 is 5.97 Å². The van der Waals surface area contributed by atoms with Crippen molar-refractivity contribution in [3.8, 4) is 16.9 Å². The Bertz CT molecular complexity index is 1420. The van der Waals surface area contributed by atoms with E-state index < -0.39 is 5.97 Å². The van der Waals surface area contributed by atoms with Crippen LogP contribution < -0.4 is 4.74 Å². The summed E-state index contributed by atoms with van der Waals surface area (Å²) < 4.78 is 5.45. The quantitative estimate of drug-likeness (QED) is 0.147. The highest BCUT2D eigenvalue weighted by Crippen LogP contribution is 2.42. The number of para-hydroxylation sites is 1. The molecular formula is C27H18O4S. The van der Waals surface area contributed by atoms with E-state index >= 15 is 0 Å². The average molecular weight is 439 g/mol. The SMILES string of the molecule is CC(=O)c1ccccc1OC(=O)CSc1ccc2c3c(cccc13)C(=O)c1ccccc1-2. The zero-order chi connectivity index (χ0) is 22.2. The Kier molecular flexibility index (Phi) is 5.11. The average Bonchev–Trinajstić information content (AvgIpc) is 2.81. The van der Waals surface area contributed by atoms with Gasteiger partial charge in [-0.2, -0.15) is 0 Å². The van der Waals surface area contributed by atoms with Crippen LogP contribution in [-0.4, -0.2) is 23.3 Å². The number of Topliss-reactive ketones (excluding diaryl/α,β-unsaturated/α-hetero) is 1. The molecule has 32 heavy (non-hydrogen) atoms. The van der Waals surface area contributed by atoms with Crippen LogP contribution in [0.2, 0.25) is 0 Å². The normalized spacial score (nSPS) is 11.8. The predicted molar refractivity (Wildman–Crippen MR) is 126 cm³/mol. The van der Waals surface area contributed by atoms with E-state index in [2.05, 4.69) is 0 Å². The van der Waals surface area contributed by atoms with Gasteiger partial charge in [-0.25, -0.2) is 0 Å². The molecule has 5 heteroatoms. The molecule has 4 aromatic carbocycles. The Hall–Kier alpha value is -3.70. The molecular weight excluding hydrogens is 420 g/mol. The molecule has 1 aliphatic carbocycles. The van der Waals surface area contributed by atoms with Gasteiger partial charge in [-0.15, -0.1) is 11.8 Å². The summed E-state index contributed by atoms with van der Waals surface area (Å²) in [6.07, 6.45) is 0. The summed E-state index contributed by atoms with van der Waals surface area (Å²) in [6.45, 7) is 1.44. The first-order chi connectivity index (χ1) is 15.5. The van der Waals surface area contributed by atoms with Crippen LogP contribution in [0.3, 0.4) is 0 Å². The third-order valence-electron chi connectivity index (χ3n) is 5.54. The maximum atomic E-state index is 13.1. The summed E-state index contributed by atoms with van der Waals surface area (Å²) in [5, 5.41) is 1.85. The summed E-state index contributed by atoms with van der Waals surface area (Å²) in [5.41, 5.74) is 3.72. The van der Waals surface area contributed by atoms with Gasteiger partial charge in [-0.3, -0.25) is 14.4 Å². The fourth-order valence-electron chi connectivity index (χ4n) is 4.12. The number of ether oxygens (including phenoxy) is 1. The number of benzene rings is 4. The number of hydrogen-bond donors (Lipinski definition) is 0. The molecule has 0 unspecified atom stereocenters. The summed E-state index contributed by atoms with van der Waals surface area (Å²) in [4.78, 5) is 38.2. The van der Waals surface area contributed by atoms with E-state index in [1.54, 1.807) is 24.3 Å². The number of carbonyl (C=O) groups is 3. The first-order valence-corrected chi connectivity index (χ1v) is 11.2. The Morgan fingerprint density at radius 1 is 0.781 bits per heavy atom. The topological polar surface area (TPSA) is 60.4 Å². The maximum Gasteiger partial charge on any atom is 0.321 e. The zero-order valence-corrected chi connectivity index (χ0v) is 18.1. The fourth-order valence-corrected chi connectivity index (χ4v) is 4.94. The van der Waals surface area contributed by atoms with Crippen molar-refractivity contribution in [2.75, 3.05) is 5.75 Å². The van der Waals surface area contributed by atoms with Gasteiger partial charge in [-0.1, -0.05) is 60.7 Å². The number of hydrogen-bond acceptors (Lipinski definition) is 5. The van der Waals surface area contributed by atoms with E-state index in [0.717, 1.165) is 26.8 Å². The Morgan fingerprint density at radius 3 is 2.31 bits per heavy atom. The third-order valence-corrected chi connectivity index (χ3v) is 6.59. The van der Waals surface area contributed by atoms with Crippen molar-refractivity contribution >= 4 is 40.1 Å². The molecule has 0 N–H and O–H groups in total. The Balaban J connectivity index is 1.45. The zero-order valence-electron chi connectivity index (χ0n) is 17.3. The number of rotatable bonds is 5. The van der Waals surface area contributed by atoms with Crippen molar-refractivity contribution in [2.45, 2.75) is 11.8 Å². The molecule has 0 saturated heterocycles. The first kappa shape index (κ1) is 20.2. The minimum atomic E-state index is -0.439. The van der Waals surface area contributed by atoms with Gasteiger partial charge < -0.3 is 4.74 Å². The monoisotopic (exact) mass is 438 g/mol. The molecule has 0 aliphatic heterocycles. The number of fused-ring (bicyclic) bond motifs is 2. The number of esters is 1. The lowest BCUT2D eigenvalue weighted by Gasteiger charge is -2.21. The second kappa shape index (κ2) is 8.09. The largest absolute Gasteiger partial charge is 0.425 e. The lowest BCUT2D eigenvalue weighted by atomic mass is 9.83. The maximum absolute atomic E-state index is 13.1. The smallest absolute Gasteiger partial charge is 0.321 e. The van der Waals surface area contributed by atoms with E-state index in [1.165, 1.54) is 18.7 Å². The molecule has 0 radical (unpaired) electrons. The minimum absolute atomic E-state index is 0.0149. The fraction of sp³-hybridized carbons (Fsp3) is 0.0741. The highest BCUT2D eigenvalue weighted by Gasteiger charge is 2.25. The molecule has 0 fully saturated rings. The van der Waals surface area contributed by atoms with Gasteiger partial charge in [0.1, 0.15) is 5.75 Å². The van der Waals surface area contributed by atoms with Crippen molar-refractivity contribution in [1.29, 1.82) is 0 Å². The Morgan fingerprint density at radius 2 is 1.50 bits per heavy atom. The molecule has 0 amide bonds. The molecule has 0 spiro atoms. The molecule has 0 atom stereocenters. The highest BCUT2D eigenvalue weighted by atomic mass is 32.2. The first-order valence-electron chi connectivity index (χ1n) is 10.2. The molecule has 156 valence electrons. The van der Waals surface area contributed by atoms with Crippen LogP contribution in [0, 0.1) is 0 Å². The molecule has 0 aromatic heterocycles. The van der Waals surface area contributed by atoms with Crippen LogP contribution in [0.25, 0.3) is 21.9 Å². The molecule has 0 saturated carbocycles. The number of carbonyl (C=O) groups excluding carboxylic acids is 3. The van der Waals surface area contributed by atoms with Gasteiger partial charge in [0.15, 0.2) is 11.6 Å². The summed E-state index contributed by atoms with van der Waals surface area (Å²) in [7, 11) is 0. The molecule has 0 bridgehead atoms. The predicted octanol–water partition coefficient (Wildman–Crippen LogP) is 5.95. The number of thioether (sulfide) groups is 1. The number of ketones is 2. The van der Waals surface area contributed by atoms with Crippen molar-refractivity contribution in [3.05, 3.63) is 95.6 Å². The second-order valence-electron chi connectivity index (χ2n) is 7.53. The molecule has 5 rings (SSSR count). The summed E-state index contributed by atoms with van der Waals surface area (Å²) >= 11 is 1.36. The van der Waals surface area contributed by atoms with Crippen LogP contribution >= 0.6 is 11.8 Å². The molecule has 4 aromatic rings. The van der Waals surface area contributed by atoms with Gasteiger partial charge in [-0.05, 0) is 41.6 Å². The second-order valence-corrected chi connectivity index (χ2v) is 8.55. The lowest BCUT2D eigenvalue weighted by molar-refractivity contribution is -0.131.